The molecule has 0 unspecified atom stereocenters. The number of carbonyl (C=O) groups excluding carboxylic acids is 6. The Balaban J connectivity index is 1.89. The van der Waals surface area contributed by atoms with Crippen molar-refractivity contribution in [3.05, 3.63) is 164 Å². The highest BCUT2D eigenvalue weighted by Crippen LogP contribution is 2.42. The van der Waals surface area contributed by atoms with Gasteiger partial charge in [-0.25, -0.2) is 28.8 Å². The molecule has 16 nitrogen and oxygen atoms in total. The van der Waals surface area contributed by atoms with Crippen molar-refractivity contribution >= 4 is 35.8 Å². The number of benzene rings is 4. The molecule has 0 fully saturated rings. The zero-order chi connectivity index (χ0) is 72.3. The monoisotopic (exact) mass is 1380 g/mol. The van der Waals surface area contributed by atoms with E-state index < -0.39 is 35.8 Å². The van der Waals surface area contributed by atoms with Gasteiger partial charge in [-0.05, 0) is 146 Å². The van der Waals surface area contributed by atoms with Gasteiger partial charge in [0.15, 0.2) is 0 Å². The molecule has 8 bridgehead atoms. The summed E-state index contributed by atoms with van der Waals surface area (Å²) in [5.74, 6) is -0.622. The molecule has 0 N–H and O–H groups in total. The molecule has 1 aliphatic carbocycles. The van der Waals surface area contributed by atoms with Crippen molar-refractivity contribution in [2.75, 3.05) is 66.1 Å². The van der Waals surface area contributed by atoms with E-state index in [0.29, 0.717) is 74.0 Å². The lowest BCUT2D eigenvalue weighted by molar-refractivity contribution is -0.140. The maximum Gasteiger partial charge on any atom is 0.333 e. The first-order chi connectivity index (χ1) is 48.5. The molecule has 0 heterocycles. The highest BCUT2D eigenvalue weighted by Gasteiger charge is 2.26. The molecule has 1 aliphatic rings. The van der Waals surface area contributed by atoms with Crippen LogP contribution in [0.3, 0.4) is 0 Å². The van der Waals surface area contributed by atoms with E-state index in [1.807, 2.05) is 0 Å². The third-order valence-corrected chi connectivity index (χ3v) is 17.1. The summed E-state index contributed by atoms with van der Waals surface area (Å²) in [6, 6.07) is 18.4. The third-order valence-electron chi connectivity index (χ3n) is 17.1. The van der Waals surface area contributed by atoms with Crippen molar-refractivity contribution in [1.82, 2.24) is 0 Å². The molecule has 0 atom stereocenters. The zero-order valence-corrected chi connectivity index (χ0v) is 61.7. The molecule has 4 aromatic carbocycles. The van der Waals surface area contributed by atoms with Gasteiger partial charge in [0, 0.05) is 86.8 Å². The maximum atomic E-state index is 12.9. The summed E-state index contributed by atoms with van der Waals surface area (Å²) in [6.45, 7) is 24.7. The molecular formula is C84H116O16. The number of ether oxygens (including phenoxy) is 10. The summed E-state index contributed by atoms with van der Waals surface area (Å²) in [6.07, 6.45) is 28.0. The van der Waals surface area contributed by atoms with Gasteiger partial charge in [-0.2, -0.15) is 0 Å². The molecule has 0 spiro atoms. The minimum Gasteiger partial charge on any atom is -0.493 e. The number of hydrogen-bond acceptors (Lipinski definition) is 16. The van der Waals surface area contributed by atoms with Crippen LogP contribution in [-0.4, -0.2) is 102 Å². The van der Waals surface area contributed by atoms with Gasteiger partial charge < -0.3 is 47.4 Å². The summed E-state index contributed by atoms with van der Waals surface area (Å²) >= 11 is 0. The number of carbonyl (C=O) groups is 6. The quantitative estimate of drug-likeness (QED) is 0.0154. The van der Waals surface area contributed by atoms with E-state index in [1.54, 1.807) is 27.7 Å². The number of rotatable bonds is 48. The van der Waals surface area contributed by atoms with Crippen LogP contribution < -0.4 is 18.9 Å². The van der Waals surface area contributed by atoms with Crippen LogP contribution in [0.15, 0.2) is 97.1 Å². The van der Waals surface area contributed by atoms with Crippen LogP contribution in [0, 0.1) is 0 Å². The highest BCUT2D eigenvalue weighted by molar-refractivity contribution is 5.92. The number of unbranched alkanes of at least 4 members (excludes halogenated alkanes) is 12. The number of aryl methyl sites for hydroxylation is 4. The Morgan fingerprint density at radius 2 is 0.520 bits per heavy atom. The first kappa shape index (κ1) is 82.5. The Morgan fingerprint density at radius 1 is 0.300 bits per heavy atom. The molecular weight excluding hydrogens is 1260 g/mol. The van der Waals surface area contributed by atoms with E-state index in [-0.39, 0.29) is 66.1 Å². The standard InChI is InChI=1S/C84H116O16/c1-11-17-21-25-33-63-49-67-57-68-50-64(34-26-22-18-12-2)52-70(80(68)96-44-30-42-94-78(88)40-38-76(86)92-16-6)59-72-54-66(36-28-24-20-14-4)56-74(82(72)98-46-32-48-100-84(90)62(9)10)60-73-55-65(35-27-23-19-13-3)53-71(81(73)97-45-31-47-99-83(89)61(7)8)58-69(51-63)79(67)95-43-29-41-93-77(87)39-37-75(85)91-15-5/h37-40,49-56H,7,9,11-36,41-48,57-60H2,1-6,8,10H3/b39-37-,40-38-. The normalized spacial score (nSPS) is 11.8. The molecule has 16 heteroatoms. The summed E-state index contributed by atoms with van der Waals surface area (Å²) in [4.78, 5) is 75.3. The molecule has 548 valence electrons. The van der Waals surface area contributed by atoms with Gasteiger partial charge in [-0.1, -0.05) is 166 Å². The smallest absolute Gasteiger partial charge is 0.333 e. The summed E-state index contributed by atoms with van der Waals surface area (Å²) < 4.78 is 61.1. The fourth-order valence-electron chi connectivity index (χ4n) is 12.1. The zero-order valence-electron chi connectivity index (χ0n) is 61.7. The van der Waals surface area contributed by atoms with Crippen molar-refractivity contribution in [2.45, 2.75) is 235 Å². The van der Waals surface area contributed by atoms with Crippen LogP contribution in [-0.2, 0) is 109 Å². The van der Waals surface area contributed by atoms with Crippen LogP contribution in [0.4, 0.5) is 0 Å². The van der Waals surface area contributed by atoms with Gasteiger partial charge in [0.05, 0.1) is 66.1 Å². The predicted octanol–water partition coefficient (Wildman–Crippen LogP) is 17.5. The van der Waals surface area contributed by atoms with Crippen molar-refractivity contribution in [2.24, 2.45) is 0 Å². The first-order valence-corrected chi connectivity index (χ1v) is 37.3. The molecule has 0 amide bonds. The van der Waals surface area contributed by atoms with Crippen LogP contribution in [0.25, 0.3) is 0 Å². The predicted molar refractivity (Wildman–Crippen MR) is 394 cm³/mol. The second kappa shape index (κ2) is 47.8. The lowest BCUT2D eigenvalue weighted by Crippen LogP contribution is -2.14. The van der Waals surface area contributed by atoms with Gasteiger partial charge in [0.1, 0.15) is 23.0 Å². The summed E-state index contributed by atoms with van der Waals surface area (Å²) in [5.41, 5.74) is 13.1. The van der Waals surface area contributed by atoms with E-state index in [1.165, 1.54) is 22.3 Å². The van der Waals surface area contributed by atoms with E-state index in [2.05, 4.69) is 89.4 Å². The Labute approximate surface area is 597 Å². The third kappa shape index (κ3) is 30.8. The average molecular weight is 1380 g/mol. The summed E-state index contributed by atoms with van der Waals surface area (Å²) in [5, 5.41) is 0. The van der Waals surface area contributed by atoms with E-state index >= 15 is 0 Å². The van der Waals surface area contributed by atoms with E-state index in [4.69, 9.17) is 47.4 Å². The Morgan fingerprint density at radius 3 is 0.730 bits per heavy atom. The van der Waals surface area contributed by atoms with E-state index in [0.717, 1.165) is 209 Å². The van der Waals surface area contributed by atoms with Gasteiger partial charge >= 0.3 is 35.8 Å². The molecule has 0 aliphatic heterocycles. The van der Waals surface area contributed by atoms with Crippen LogP contribution in [0.1, 0.15) is 251 Å². The second-order valence-electron chi connectivity index (χ2n) is 26.1. The molecule has 0 radical (unpaired) electrons. The lowest BCUT2D eigenvalue weighted by Gasteiger charge is -2.25. The van der Waals surface area contributed by atoms with Gasteiger partial charge in [0.25, 0.3) is 0 Å². The molecule has 0 saturated heterocycles. The molecule has 0 saturated carbocycles. The highest BCUT2D eigenvalue weighted by atomic mass is 16.6. The van der Waals surface area contributed by atoms with Crippen LogP contribution >= 0.6 is 0 Å². The molecule has 0 aromatic heterocycles. The first-order valence-electron chi connectivity index (χ1n) is 37.3. The fraction of sp³-hybridized carbons (Fsp3) is 0.548. The molecule has 100 heavy (non-hydrogen) atoms. The van der Waals surface area contributed by atoms with Crippen molar-refractivity contribution in [1.29, 1.82) is 0 Å². The Hall–Kier alpha value is -8.14. The van der Waals surface area contributed by atoms with Crippen molar-refractivity contribution in [3.63, 3.8) is 0 Å². The number of esters is 6. The van der Waals surface area contributed by atoms with E-state index in [9.17, 15) is 28.8 Å². The largest absolute Gasteiger partial charge is 0.493 e. The molecule has 4 aromatic rings. The van der Waals surface area contributed by atoms with Crippen LogP contribution in [0.5, 0.6) is 23.0 Å². The SMILES string of the molecule is C=C(C)C(=O)OCCCOc1c2cc(CCCCCC)cc1Cc1cc(CCCCCC)cc(c1OCCCOC(=O)C(=C)C)Cc1cc(CCCCCC)cc(c1OCCCOC(=O)/C=C\C(=O)OCC)Cc1cc(CCCCCC)cc(c1OCCCOC(=O)/C=C\C(=O)OCC)C2. The fourth-order valence-corrected chi connectivity index (χ4v) is 12.1. The number of fused-ring (bicyclic) bond motifs is 8. The summed E-state index contributed by atoms with van der Waals surface area (Å²) in [7, 11) is 0. The maximum absolute atomic E-state index is 12.9. The van der Waals surface area contributed by atoms with Crippen molar-refractivity contribution in [3.8, 4) is 23.0 Å². The van der Waals surface area contributed by atoms with Crippen LogP contribution in [0.2, 0.25) is 0 Å². The second-order valence-corrected chi connectivity index (χ2v) is 26.1. The van der Waals surface area contributed by atoms with Crippen molar-refractivity contribution < 1.29 is 76.1 Å². The lowest BCUT2D eigenvalue weighted by atomic mass is 9.87. The topological polar surface area (TPSA) is 195 Å². The minimum atomic E-state index is -0.668. The average Bonchev–Trinajstić information content (AvgIpc) is 0.776. The number of hydrogen-bond donors (Lipinski definition) is 0. The molecule has 5 rings (SSSR count). The van der Waals surface area contributed by atoms with Gasteiger partial charge in [0.2, 0.25) is 0 Å². The minimum absolute atomic E-state index is 0.0302. The van der Waals surface area contributed by atoms with Gasteiger partial charge in [-0.15, -0.1) is 0 Å². The Kier molecular flexibility index (Phi) is 39.5. The van der Waals surface area contributed by atoms with Gasteiger partial charge in [-0.3, -0.25) is 0 Å². The Bertz CT molecular complexity index is 3100.